The van der Waals surface area contributed by atoms with Crippen molar-refractivity contribution in [3.8, 4) is 0 Å². The van der Waals surface area contributed by atoms with Gasteiger partial charge in [-0.25, -0.2) is 0 Å². The standard InChI is InChI=1S/C11H13N3O2S/c1-6-3-8(16-14-6)5-13-11(15)10-4-9(12)7(2)17-10/h3-4H,5,12H2,1-2H3,(H,13,15). The fourth-order valence-electron chi connectivity index (χ4n) is 1.36. The topological polar surface area (TPSA) is 81.2 Å². The molecule has 3 N–H and O–H groups in total. The van der Waals surface area contributed by atoms with Gasteiger partial charge < -0.3 is 15.6 Å². The molecule has 0 spiro atoms. The third-order valence-corrected chi connectivity index (χ3v) is 3.34. The smallest absolute Gasteiger partial charge is 0.261 e. The predicted molar refractivity (Wildman–Crippen MR) is 65.9 cm³/mol. The number of nitrogens with one attached hydrogen (secondary N) is 1. The SMILES string of the molecule is Cc1cc(CNC(=O)c2cc(N)c(C)s2)on1. The van der Waals surface area contributed by atoms with Crippen LogP contribution in [-0.2, 0) is 6.54 Å². The monoisotopic (exact) mass is 251 g/mol. The van der Waals surface area contributed by atoms with Crippen molar-refractivity contribution in [1.29, 1.82) is 0 Å². The van der Waals surface area contributed by atoms with E-state index in [1.54, 1.807) is 12.1 Å². The molecule has 0 aliphatic heterocycles. The lowest BCUT2D eigenvalue weighted by Gasteiger charge is -1.99. The molecule has 2 aromatic heterocycles. The average Bonchev–Trinajstić information content (AvgIpc) is 2.83. The van der Waals surface area contributed by atoms with Crippen LogP contribution in [0.1, 0.15) is 26.0 Å². The highest BCUT2D eigenvalue weighted by Gasteiger charge is 2.11. The van der Waals surface area contributed by atoms with E-state index in [-0.39, 0.29) is 5.91 Å². The second-order valence-electron chi connectivity index (χ2n) is 3.74. The number of thiophene rings is 1. The fraction of sp³-hybridized carbons (Fsp3) is 0.273. The van der Waals surface area contributed by atoms with Crippen LogP contribution >= 0.6 is 11.3 Å². The molecule has 2 heterocycles. The lowest BCUT2D eigenvalue weighted by atomic mass is 10.3. The predicted octanol–water partition coefficient (Wildman–Crippen LogP) is 1.87. The molecule has 2 aromatic rings. The maximum absolute atomic E-state index is 11.8. The number of carbonyl (C=O) groups excluding carboxylic acids is 1. The first-order valence-corrected chi connectivity index (χ1v) is 5.94. The van der Waals surface area contributed by atoms with Gasteiger partial charge in [0.2, 0.25) is 0 Å². The van der Waals surface area contributed by atoms with Gasteiger partial charge in [-0.1, -0.05) is 5.16 Å². The molecule has 0 aliphatic rings. The number of nitrogens with zero attached hydrogens (tertiary/aromatic N) is 1. The van der Waals surface area contributed by atoms with Crippen molar-refractivity contribution < 1.29 is 9.32 Å². The maximum atomic E-state index is 11.8. The van der Waals surface area contributed by atoms with Crippen molar-refractivity contribution in [3.05, 3.63) is 33.3 Å². The summed E-state index contributed by atoms with van der Waals surface area (Å²) in [4.78, 5) is 13.3. The molecule has 6 heteroatoms. The Morgan fingerprint density at radius 1 is 1.53 bits per heavy atom. The van der Waals surface area contributed by atoms with Crippen LogP contribution in [0.3, 0.4) is 0 Å². The zero-order chi connectivity index (χ0) is 12.4. The Balaban J connectivity index is 1.98. The van der Waals surface area contributed by atoms with Crippen LogP contribution in [0.15, 0.2) is 16.7 Å². The first-order valence-electron chi connectivity index (χ1n) is 5.12. The first-order chi connectivity index (χ1) is 8.06. The van der Waals surface area contributed by atoms with E-state index in [2.05, 4.69) is 10.5 Å². The number of nitrogens with two attached hydrogens (primary N) is 1. The highest BCUT2D eigenvalue weighted by Crippen LogP contribution is 2.23. The van der Waals surface area contributed by atoms with E-state index in [1.165, 1.54) is 11.3 Å². The third-order valence-electron chi connectivity index (χ3n) is 2.28. The largest absolute Gasteiger partial charge is 0.398 e. The van der Waals surface area contributed by atoms with Gasteiger partial charge in [0.25, 0.3) is 5.91 Å². The van der Waals surface area contributed by atoms with Crippen molar-refractivity contribution in [1.82, 2.24) is 10.5 Å². The molecule has 0 unspecified atom stereocenters. The molecule has 17 heavy (non-hydrogen) atoms. The maximum Gasteiger partial charge on any atom is 0.261 e. The summed E-state index contributed by atoms with van der Waals surface area (Å²) in [7, 11) is 0. The highest BCUT2D eigenvalue weighted by atomic mass is 32.1. The van der Waals surface area contributed by atoms with E-state index in [9.17, 15) is 4.79 Å². The summed E-state index contributed by atoms with van der Waals surface area (Å²) in [6.45, 7) is 4.05. The Kier molecular flexibility index (Phi) is 3.14. The van der Waals surface area contributed by atoms with E-state index in [0.29, 0.717) is 22.9 Å². The number of aryl methyl sites for hydroxylation is 2. The van der Waals surface area contributed by atoms with Crippen molar-refractivity contribution in [2.75, 3.05) is 5.73 Å². The van der Waals surface area contributed by atoms with Crippen LogP contribution < -0.4 is 11.1 Å². The van der Waals surface area contributed by atoms with Gasteiger partial charge in [-0.3, -0.25) is 4.79 Å². The van der Waals surface area contributed by atoms with Crippen molar-refractivity contribution in [2.24, 2.45) is 0 Å². The molecule has 5 nitrogen and oxygen atoms in total. The average molecular weight is 251 g/mol. The molecule has 0 aliphatic carbocycles. The number of amides is 1. The molecule has 90 valence electrons. The van der Waals surface area contributed by atoms with E-state index in [0.717, 1.165) is 10.6 Å². The van der Waals surface area contributed by atoms with Gasteiger partial charge in [0.1, 0.15) is 0 Å². The number of rotatable bonds is 3. The third kappa shape index (κ3) is 2.65. The lowest BCUT2D eigenvalue weighted by Crippen LogP contribution is -2.21. The quantitative estimate of drug-likeness (QED) is 0.872. The lowest BCUT2D eigenvalue weighted by molar-refractivity contribution is 0.0951. The number of aromatic nitrogens is 1. The van der Waals surface area contributed by atoms with Gasteiger partial charge in [-0.15, -0.1) is 11.3 Å². The van der Waals surface area contributed by atoms with Gasteiger partial charge in [-0.05, 0) is 19.9 Å². The number of hydrogen-bond acceptors (Lipinski definition) is 5. The number of carbonyl (C=O) groups is 1. The second-order valence-corrected chi connectivity index (χ2v) is 5.00. The van der Waals surface area contributed by atoms with Crippen LogP contribution in [0.2, 0.25) is 0 Å². The van der Waals surface area contributed by atoms with Crippen molar-refractivity contribution in [2.45, 2.75) is 20.4 Å². The minimum Gasteiger partial charge on any atom is -0.398 e. The Hall–Kier alpha value is -1.82. The molecular formula is C11H13N3O2S. The Morgan fingerprint density at radius 2 is 2.29 bits per heavy atom. The molecule has 0 saturated carbocycles. The van der Waals surface area contributed by atoms with Gasteiger partial charge in [-0.2, -0.15) is 0 Å². The molecule has 1 amide bonds. The van der Waals surface area contributed by atoms with Crippen LogP contribution in [0.4, 0.5) is 5.69 Å². The Bertz CT molecular complexity index is 525. The zero-order valence-electron chi connectivity index (χ0n) is 9.61. The molecule has 0 fully saturated rings. The summed E-state index contributed by atoms with van der Waals surface area (Å²) in [5.74, 6) is 0.487. The van der Waals surface area contributed by atoms with Gasteiger partial charge in [0.05, 0.1) is 17.1 Å². The summed E-state index contributed by atoms with van der Waals surface area (Å²) in [5.41, 5.74) is 7.14. The molecule has 0 bridgehead atoms. The van der Waals surface area contributed by atoms with Gasteiger partial charge in [0, 0.05) is 16.6 Å². The van der Waals surface area contributed by atoms with E-state index in [4.69, 9.17) is 10.3 Å². The van der Waals surface area contributed by atoms with E-state index in [1.807, 2.05) is 13.8 Å². The molecular weight excluding hydrogens is 238 g/mol. The number of nitrogen functional groups attached to an aromatic ring is 1. The normalized spacial score (nSPS) is 10.5. The molecule has 2 rings (SSSR count). The molecule has 0 aromatic carbocycles. The first kappa shape index (κ1) is 11.7. The number of anilines is 1. The molecule has 0 radical (unpaired) electrons. The summed E-state index contributed by atoms with van der Waals surface area (Å²) < 4.78 is 4.99. The fourth-order valence-corrected chi connectivity index (χ4v) is 2.22. The summed E-state index contributed by atoms with van der Waals surface area (Å²) in [6.07, 6.45) is 0. The Labute approximate surface area is 103 Å². The van der Waals surface area contributed by atoms with Gasteiger partial charge >= 0.3 is 0 Å². The van der Waals surface area contributed by atoms with Crippen molar-refractivity contribution >= 4 is 22.9 Å². The molecule has 0 saturated heterocycles. The van der Waals surface area contributed by atoms with Crippen LogP contribution in [0, 0.1) is 13.8 Å². The highest BCUT2D eigenvalue weighted by molar-refractivity contribution is 7.14. The summed E-state index contributed by atoms with van der Waals surface area (Å²) >= 11 is 1.38. The summed E-state index contributed by atoms with van der Waals surface area (Å²) in [6, 6.07) is 3.47. The van der Waals surface area contributed by atoms with Crippen LogP contribution in [0.5, 0.6) is 0 Å². The number of hydrogen-bond donors (Lipinski definition) is 2. The second kappa shape index (κ2) is 4.58. The van der Waals surface area contributed by atoms with Crippen LogP contribution in [-0.4, -0.2) is 11.1 Å². The molecule has 0 atom stereocenters. The van der Waals surface area contributed by atoms with Crippen molar-refractivity contribution in [3.63, 3.8) is 0 Å². The zero-order valence-corrected chi connectivity index (χ0v) is 10.4. The van der Waals surface area contributed by atoms with E-state index >= 15 is 0 Å². The van der Waals surface area contributed by atoms with Crippen LogP contribution in [0.25, 0.3) is 0 Å². The Morgan fingerprint density at radius 3 is 2.82 bits per heavy atom. The summed E-state index contributed by atoms with van der Waals surface area (Å²) in [5, 5.41) is 6.49. The minimum absolute atomic E-state index is 0.149. The minimum atomic E-state index is -0.149. The van der Waals surface area contributed by atoms with Gasteiger partial charge in [0.15, 0.2) is 5.76 Å². The van der Waals surface area contributed by atoms with E-state index < -0.39 is 0 Å².